The second kappa shape index (κ2) is 4.79. The first-order chi connectivity index (χ1) is 7.99. The highest BCUT2D eigenvalue weighted by molar-refractivity contribution is 5.88. The maximum Gasteiger partial charge on any atom is 0.223 e. The Morgan fingerprint density at radius 2 is 2.12 bits per heavy atom. The lowest BCUT2D eigenvalue weighted by atomic mass is 9.81. The Labute approximate surface area is 104 Å². The molecule has 0 unspecified atom stereocenters. The third kappa shape index (κ3) is 2.88. The van der Waals surface area contributed by atoms with Crippen LogP contribution in [0.5, 0.6) is 0 Å². The van der Waals surface area contributed by atoms with E-state index in [1.807, 2.05) is 0 Å². The number of piperidine rings is 1. The van der Waals surface area contributed by atoms with E-state index in [9.17, 15) is 9.59 Å². The average Bonchev–Trinajstić information content (AvgIpc) is 2.19. The van der Waals surface area contributed by atoms with E-state index in [4.69, 9.17) is 0 Å². The maximum atomic E-state index is 12.2. The number of carbonyl (C=O) groups excluding carboxylic acids is 2. The Morgan fingerprint density at radius 1 is 1.41 bits per heavy atom. The van der Waals surface area contributed by atoms with Crippen molar-refractivity contribution in [2.45, 2.75) is 64.3 Å². The molecule has 96 valence electrons. The molecular weight excluding hydrogens is 214 g/mol. The number of hydrogen-bond acceptors (Lipinski definition) is 2. The molecule has 0 N–H and O–H groups in total. The summed E-state index contributed by atoms with van der Waals surface area (Å²) in [6, 6.07) is 0. The SMILES string of the molecule is CC1(C)CCC(=O)CN1C(=O)CCC1CCC1. The minimum Gasteiger partial charge on any atom is -0.330 e. The highest BCUT2D eigenvalue weighted by atomic mass is 16.2. The van der Waals surface area contributed by atoms with Crippen molar-refractivity contribution in [1.29, 1.82) is 0 Å². The topological polar surface area (TPSA) is 37.4 Å². The van der Waals surface area contributed by atoms with Crippen LogP contribution in [0.3, 0.4) is 0 Å². The Morgan fingerprint density at radius 3 is 2.71 bits per heavy atom. The lowest BCUT2D eigenvalue weighted by Crippen LogP contribution is -2.53. The lowest BCUT2D eigenvalue weighted by Gasteiger charge is -2.42. The molecule has 2 aliphatic rings. The first-order valence-electron chi connectivity index (χ1n) is 6.81. The smallest absolute Gasteiger partial charge is 0.223 e. The highest BCUT2D eigenvalue weighted by Gasteiger charge is 2.36. The van der Waals surface area contributed by atoms with Crippen LogP contribution in [0.1, 0.15) is 58.8 Å². The van der Waals surface area contributed by atoms with E-state index in [2.05, 4.69) is 13.8 Å². The van der Waals surface area contributed by atoms with Gasteiger partial charge in [-0.25, -0.2) is 0 Å². The molecule has 0 atom stereocenters. The van der Waals surface area contributed by atoms with Gasteiger partial charge in [0.25, 0.3) is 0 Å². The quantitative estimate of drug-likeness (QED) is 0.756. The van der Waals surface area contributed by atoms with Crippen molar-refractivity contribution in [2.75, 3.05) is 6.54 Å². The van der Waals surface area contributed by atoms with E-state index in [1.165, 1.54) is 19.3 Å². The van der Waals surface area contributed by atoms with Crippen LogP contribution in [0.15, 0.2) is 0 Å². The molecule has 1 saturated heterocycles. The predicted octanol–water partition coefficient (Wildman–Crippen LogP) is 2.54. The average molecular weight is 237 g/mol. The molecule has 2 rings (SSSR count). The molecule has 0 radical (unpaired) electrons. The van der Waals surface area contributed by atoms with Crippen LogP contribution in [0, 0.1) is 5.92 Å². The number of hydrogen-bond donors (Lipinski definition) is 0. The molecule has 2 fully saturated rings. The van der Waals surface area contributed by atoms with Gasteiger partial charge in [0.05, 0.1) is 6.54 Å². The number of ketones is 1. The van der Waals surface area contributed by atoms with Gasteiger partial charge in [-0.1, -0.05) is 19.3 Å². The van der Waals surface area contributed by atoms with Crippen LogP contribution >= 0.6 is 0 Å². The van der Waals surface area contributed by atoms with Gasteiger partial charge in [-0.15, -0.1) is 0 Å². The van der Waals surface area contributed by atoms with Gasteiger partial charge in [0.1, 0.15) is 0 Å². The van der Waals surface area contributed by atoms with Crippen molar-refractivity contribution >= 4 is 11.7 Å². The first-order valence-corrected chi connectivity index (χ1v) is 6.81. The Balaban J connectivity index is 1.88. The van der Waals surface area contributed by atoms with E-state index in [1.54, 1.807) is 4.90 Å². The zero-order valence-electron chi connectivity index (χ0n) is 11.0. The third-order valence-electron chi connectivity index (χ3n) is 4.37. The summed E-state index contributed by atoms with van der Waals surface area (Å²) in [5.41, 5.74) is -0.134. The Hall–Kier alpha value is -0.860. The molecule has 1 aliphatic carbocycles. The monoisotopic (exact) mass is 237 g/mol. The van der Waals surface area contributed by atoms with Crippen molar-refractivity contribution in [3.63, 3.8) is 0 Å². The van der Waals surface area contributed by atoms with Gasteiger partial charge < -0.3 is 4.90 Å². The number of carbonyl (C=O) groups is 2. The number of amides is 1. The zero-order valence-corrected chi connectivity index (χ0v) is 11.0. The standard InChI is InChI=1S/C14H23NO2/c1-14(2)9-8-12(16)10-15(14)13(17)7-6-11-4-3-5-11/h11H,3-10H2,1-2H3. The summed E-state index contributed by atoms with van der Waals surface area (Å²) in [6.07, 6.45) is 6.97. The van der Waals surface area contributed by atoms with E-state index in [0.29, 0.717) is 19.4 Å². The molecule has 3 nitrogen and oxygen atoms in total. The van der Waals surface area contributed by atoms with Gasteiger partial charge in [-0.3, -0.25) is 9.59 Å². The van der Waals surface area contributed by atoms with Crippen molar-refractivity contribution < 1.29 is 9.59 Å². The number of Topliss-reactive ketones (excluding diaryl/α,β-unsaturated/α-hetero) is 1. The fourth-order valence-corrected chi connectivity index (χ4v) is 2.72. The van der Waals surface area contributed by atoms with Crippen molar-refractivity contribution in [1.82, 2.24) is 4.90 Å². The summed E-state index contributed by atoms with van der Waals surface area (Å²) < 4.78 is 0. The number of nitrogens with zero attached hydrogens (tertiary/aromatic N) is 1. The third-order valence-corrected chi connectivity index (χ3v) is 4.37. The molecule has 1 saturated carbocycles. The van der Waals surface area contributed by atoms with Gasteiger partial charge in [0.15, 0.2) is 5.78 Å². The summed E-state index contributed by atoms with van der Waals surface area (Å²) in [4.78, 5) is 25.5. The first kappa shape index (κ1) is 12.6. The van der Waals surface area contributed by atoms with Gasteiger partial charge in [0.2, 0.25) is 5.91 Å². The molecule has 0 aromatic rings. The maximum absolute atomic E-state index is 12.2. The minimum absolute atomic E-state index is 0.134. The van der Waals surface area contributed by atoms with Crippen molar-refractivity contribution in [2.24, 2.45) is 5.92 Å². The van der Waals surface area contributed by atoms with E-state index in [0.717, 1.165) is 18.8 Å². The summed E-state index contributed by atoms with van der Waals surface area (Å²) in [5.74, 6) is 1.15. The number of rotatable bonds is 3. The van der Waals surface area contributed by atoms with Gasteiger partial charge in [-0.05, 0) is 32.6 Å². The lowest BCUT2D eigenvalue weighted by molar-refractivity contribution is -0.145. The van der Waals surface area contributed by atoms with Crippen molar-refractivity contribution in [3.8, 4) is 0 Å². The van der Waals surface area contributed by atoms with Crippen LogP contribution < -0.4 is 0 Å². The molecule has 17 heavy (non-hydrogen) atoms. The number of likely N-dealkylation sites (tertiary alicyclic amines) is 1. The molecule has 0 spiro atoms. The van der Waals surface area contributed by atoms with E-state index in [-0.39, 0.29) is 17.2 Å². The van der Waals surface area contributed by atoms with E-state index >= 15 is 0 Å². The van der Waals surface area contributed by atoms with E-state index < -0.39 is 0 Å². The fourth-order valence-electron chi connectivity index (χ4n) is 2.72. The van der Waals surface area contributed by atoms with Gasteiger partial charge in [0, 0.05) is 18.4 Å². The van der Waals surface area contributed by atoms with Crippen LogP contribution in [-0.4, -0.2) is 28.7 Å². The Kier molecular flexibility index (Phi) is 3.55. The van der Waals surface area contributed by atoms with Crippen LogP contribution in [0.4, 0.5) is 0 Å². The van der Waals surface area contributed by atoms with Gasteiger partial charge >= 0.3 is 0 Å². The largest absolute Gasteiger partial charge is 0.330 e. The molecule has 3 heteroatoms. The second-order valence-electron chi connectivity index (χ2n) is 6.17. The molecule has 0 aromatic heterocycles. The highest BCUT2D eigenvalue weighted by Crippen LogP contribution is 2.32. The molecule has 1 heterocycles. The molecular formula is C14H23NO2. The summed E-state index contributed by atoms with van der Waals surface area (Å²) in [5, 5.41) is 0. The van der Waals surface area contributed by atoms with Crippen LogP contribution in [0.25, 0.3) is 0 Å². The molecule has 1 amide bonds. The fraction of sp³-hybridized carbons (Fsp3) is 0.857. The second-order valence-corrected chi connectivity index (χ2v) is 6.17. The summed E-state index contributed by atoms with van der Waals surface area (Å²) >= 11 is 0. The molecule has 0 bridgehead atoms. The van der Waals surface area contributed by atoms with Gasteiger partial charge in [-0.2, -0.15) is 0 Å². The Bertz CT molecular complexity index is 318. The predicted molar refractivity (Wildman–Crippen MR) is 66.6 cm³/mol. The van der Waals surface area contributed by atoms with Crippen molar-refractivity contribution in [3.05, 3.63) is 0 Å². The minimum atomic E-state index is -0.134. The molecule has 0 aromatic carbocycles. The molecule has 1 aliphatic heterocycles. The summed E-state index contributed by atoms with van der Waals surface area (Å²) in [6.45, 7) is 4.47. The normalized spacial score (nSPS) is 24.6. The summed E-state index contributed by atoms with van der Waals surface area (Å²) in [7, 11) is 0. The zero-order chi connectivity index (χ0) is 12.5. The van der Waals surface area contributed by atoms with Crippen LogP contribution in [0.2, 0.25) is 0 Å². The van der Waals surface area contributed by atoms with Crippen LogP contribution in [-0.2, 0) is 9.59 Å².